The molecule has 1 aliphatic rings. The van der Waals surface area contributed by atoms with Gasteiger partial charge in [0.2, 0.25) is 0 Å². The summed E-state index contributed by atoms with van der Waals surface area (Å²) in [5, 5.41) is 4.54. The van der Waals surface area contributed by atoms with Gasteiger partial charge < -0.3 is 10.2 Å². The molecular formula is C22H20N2O. The highest BCUT2D eigenvalue weighted by Crippen LogP contribution is 2.27. The third-order valence-corrected chi connectivity index (χ3v) is 4.60. The minimum Gasteiger partial charge on any atom is -0.497 e. The van der Waals surface area contributed by atoms with Crippen LogP contribution in [0.15, 0.2) is 84.0 Å². The predicted octanol–water partition coefficient (Wildman–Crippen LogP) is 4.80. The standard InChI is InChI=1S/C22H20N2O/c1-25-20-13-11-19(12-14-20)22-15-21(23-24-22)18-9-7-17(8-10-18)16-5-3-2-4-6-16/h2-14,22,24H,15H2,1H3. The van der Waals surface area contributed by atoms with Crippen molar-refractivity contribution < 1.29 is 4.74 Å². The van der Waals surface area contributed by atoms with E-state index in [1.807, 2.05) is 18.2 Å². The molecule has 1 atom stereocenters. The molecule has 0 radical (unpaired) electrons. The molecule has 3 nitrogen and oxygen atoms in total. The molecule has 0 aliphatic carbocycles. The Bertz CT molecular complexity index is 868. The fourth-order valence-electron chi connectivity index (χ4n) is 3.14. The number of nitrogens with zero attached hydrogens (tertiary/aromatic N) is 1. The molecule has 0 bridgehead atoms. The molecule has 1 aliphatic heterocycles. The van der Waals surface area contributed by atoms with Crippen LogP contribution in [0.5, 0.6) is 5.75 Å². The molecule has 1 N–H and O–H groups in total. The molecule has 0 fully saturated rings. The number of hydrazone groups is 1. The second-order valence-corrected chi connectivity index (χ2v) is 6.16. The Morgan fingerprint density at radius 3 is 2.12 bits per heavy atom. The van der Waals surface area contributed by atoms with Crippen LogP contribution < -0.4 is 10.2 Å². The van der Waals surface area contributed by atoms with Crippen LogP contribution in [-0.2, 0) is 0 Å². The van der Waals surface area contributed by atoms with E-state index in [0.29, 0.717) is 0 Å². The molecule has 1 heterocycles. The van der Waals surface area contributed by atoms with Gasteiger partial charge in [0, 0.05) is 6.42 Å². The lowest BCUT2D eigenvalue weighted by molar-refractivity contribution is 0.414. The maximum absolute atomic E-state index is 5.22. The summed E-state index contributed by atoms with van der Waals surface area (Å²) in [6.45, 7) is 0. The molecule has 1 unspecified atom stereocenters. The van der Waals surface area contributed by atoms with Crippen LogP contribution in [0, 0.1) is 0 Å². The van der Waals surface area contributed by atoms with E-state index in [1.165, 1.54) is 22.3 Å². The van der Waals surface area contributed by atoms with Gasteiger partial charge in [-0.15, -0.1) is 0 Å². The lowest BCUT2D eigenvalue weighted by atomic mass is 9.97. The summed E-state index contributed by atoms with van der Waals surface area (Å²) in [5.74, 6) is 0.874. The second kappa shape index (κ2) is 6.81. The number of nitrogens with one attached hydrogen (secondary N) is 1. The molecule has 3 aromatic carbocycles. The monoisotopic (exact) mass is 328 g/mol. The van der Waals surface area contributed by atoms with Gasteiger partial charge in [0.05, 0.1) is 18.9 Å². The number of ether oxygens (including phenoxy) is 1. The van der Waals surface area contributed by atoms with E-state index < -0.39 is 0 Å². The Labute approximate surface area is 148 Å². The Morgan fingerprint density at radius 1 is 0.800 bits per heavy atom. The topological polar surface area (TPSA) is 33.6 Å². The lowest BCUT2D eigenvalue weighted by Gasteiger charge is -2.11. The molecule has 0 aromatic heterocycles. The van der Waals surface area contributed by atoms with E-state index in [1.54, 1.807) is 7.11 Å². The molecule has 124 valence electrons. The van der Waals surface area contributed by atoms with Crippen LogP contribution in [0.3, 0.4) is 0 Å². The number of methoxy groups -OCH3 is 1. The molecule has 4 rings (SSSR count). The number of hydrogen-bond donors (Lipinski definition) is 1. The molecule has 0 amide bonds. The molecule has 0 saturated carbocycles. The summed E-state index contributed by atoms with van der Waals surface area (Å²) >= 11 is 0. The highest BCUT2D eigenvalue weighted by Gasteiger charge is 2.21. The van der Waals surface area contributed by atoms with Crippen LogP contribution in [0.4, 0.5) is 0 Å². The molecule has 25 heavy (non-hydrogen) atoms. The van der Waals surface area contributed by atoms with E-state index in [0.717, 1.165) is 17.9 Å². The molecule has 3 aromatic rings. The Kier molecular flexibility index (Phi) is 4.21. The minimum absolute atomic E-state index is 0.217. The zero-order valence-corrected chi connectivity index (χ0v) is 14.1. The molecule has 0 saturated heterocycles. The van der Waals surface area contributed by atoms with Gasteiger partial charge in [-0.25, -0.2) is 0 Å². The third kappa shape index (κ3) is 3.26. The highest BCUT2D eigenvalue weighted by atomic mass is 16.5. The van der Waals surface area contributed by atoms with Crippen molar-refractivity contribution in [2.24, 2.45) is 5.10 Å². The maximum Gasteiger partial charge on any atom is 0.118 e. The van der Waals surface area contributed by atoms with E-state index in [2.05, 4.69) is 71.2 Å². The van der Waals surface area contributed by atoms with Crippen molar-refractivity contribution in [1.82, 2.24) is 5.43 Å². The summed E-state index contributed by atoms with van der Waals surface area (Å²) in [6.07, 6.45) is 0.886. The normalized spacial score (nSPS) is 16.2. The van der Waals surface area contributed by atoms with Crippen molar-refractivity contribution >= 4 is 5.71 Å². The van der Waals surface area contributed by atoms with Crippen LogP contribution >= 0.6 is 0 Å². The predicted molar refractivity (Wildman–Crippen MR) is 102 cm³/mol. The van der Waals surface area contributed by atoms with Gasteiger partial charge >= 0.3 is 0 Å². The van der Waals surface area contributed by atoms with Gasteiger partial charge in [0.25, 0.3) is 0 Å². The van der Waals surface area contributed by atoms with Crippen molar-refractivity contribution in [3.05, 3.63) is 90.0 Å². The number of hydrogen-bond acceptors (Lipinski definition) is 3. The van der Waals surface area contributed by atoms with Crippen LogP contribution in [0.25, 0.3) is 11.1 Å². The second-order valence-electron chi connectivity index (χ2n) is 6.16. The Balaban J connectivity index is 1.48. The van der Waals surface area contributed by atoms with Crippen LogP contribution in [0.2, 0.25) is 0 Å². The highest BCUT2D eigenvalue weighted by molar-refractivity contribution is 6.02. The molecule has 3 heteroatoms. The largest absolute Gasteiger partial charge is 0.497 e. The Hall–Kier alpha value is -3.07. The van der Waals surface area contributed by atoms with Gasteiger partial charge in [0.1, 0.15) is 5.75 Å². The first kappa shape index (κ1) is 15.5. The summed E-state index contributed by atoms with van der Waals surface area (Å²) in [4.78, 5) is 0. The van der Waals surface area contributed by atoms with Crippen molar-refractivity contribution in [1.29, 1.82) is 0 Å². The van der Waals surface area contributed by atoms with E-state index >= 15 is 0 Å². The van der Waals surface area contributed by atoms with Gasteiger partial charge in [-0.2, -0.15) is 5.10 Å². The van der Waals surface area contributed by atoms with Gasteiger partial charge in [-0.05, 0) is 34.4 Å². The van der Waals surface area contributed by atoms with Crippen LogP contribution in [0.1, 0.15) is 23.6 Å². The zero-order chi connectivity index (χ0) is 17.1. The average molecular weight is 328 g/mol. The summed E-state index contributed by atoms with van der Waals surface area (Å²) in [7, 11) is 1.68. The summed E-state index contributed by atoms with van der Waals surface area (Å²) in [6, 6.07) is 27.4. The van der Waals surface area contributed by atoms with Crippen molar-refractivity contribution in [2.75, 3.05) is 7.11 Å². The SMILES string of the molecule is COc1ccc(C2CC(c3ccc(-c4ccccc4)cc3)=NN2)cc1. The first-order valence-corrected chi connectivity index (χ1v) is 8.45. The van der Waals surface area contributed by atoms with E-state index in [9.17, 15) is 0 Å². The van der Waals surface area contributed by atoms with Gasteiger partial charge in [-0.3, -0.25) is 0 Å². The summed E-state index contributed by atoms with van der Waals surface area (Å²) < 4.78 is 5.22. The average Bonchev–Trinajstić information content (AvgIpc) is 3.19. The van der Waals surface area contributed by atoms with Gasteiger partial charge in [-0.1, -0.05) is 66.7 Å². The summed E-state index contributed by atoms with van der Waals surface area (Å²) in [5.41, 5.74) is 9.20. The first-order chi connectivity index (χ1) is 12.3. The molecular weight excluding hydrogens is 308 g/mol. The van der Waals surface area contributed by atoms with Crippen LogP contribution in [-0.4, -0.2) is 12.8 Å². The third-order valence-electron chi connectivity index (χ3n) is 4.60. The van der Waals surface area contributed by atoms with E-state index in [-0.39, 0.29) is 6.04 Å². The molecule has 0 spiro atoms. The number of rotatable bonds is 4. The smallest absolute Gasteiger partial charge is 0.118 e. The van der Waals surface area contributed by atoms with Crippen molar-refractivity contribution in [2.45, 2.75) is 12.5 Å². The van der Waals surface area contributed by atoms with Crippen molar-refractivity contribution in [3.8, 4) is 16.9 Å². The Morgan fingerprint density at radius 2 is 1.44 bits per heavy atom. The fourth-order valence-corrected chi connectivity index (χ4v) is 3.14. The minimum atomic E-state index is 0.217. The van der Waals surface area contributed by atoms with Crippen molar-refractivity contribution in [3.63, 3.8) is 0 Å². The quantitative estimate of drug-likeness (QED) is 0.746. The number of benzene rings is 3. The van der Waals surface area contributed by atoms with E-state index in [4.69, 9.17) is 4.74 Å². The van der Waals surface area contributed by atoms with Gasteiger partial charge in [0.15, 0.2) is 0 Å². The lowest BCUT2D eigenvalue weighted by Crippen LogP contribution is -2.09. The maximum atomic E-state index is 5.22. The fraction of sp³-hybridized carbons (Fsp3) is 0.136. The zero-order valence-electron chi connectivity index (χ0n) is 14.1. The first-order valence-electron chi connectivity index (χ1n) is 8.45.